The zero-order chi connectivity index (χ0) is 14.1. The second kappa shape index (κ2) is 5.38. The molecule has 20 heavy (non-hydrogen) atoms. The molecule has 0 fully saturated rings. The highest BCUT2D eigenvalue weighted by molar-refractivity contribution is 9.10. The molecule has 6 heteroatoms. The van der Waals surface area contributed by atoms with Gasteiger partial charge in [0.1, 0.15) is 0 Å². The number of hydrogen-bond acceptors (Lipinski definition) is 4. The molecule has 100 valence electrons. The minimum Gasteiger partial charge on any atom is -0.268 e. The van der Waals surface area contributed by atoms with Gasteiger partial charge >= 0.3 is 0 Å². The molecule has 0 aliphatic heterocycles. The summed E-state index contributed by atoms with van der Waals surface area (Å²) in [7, 11) is 0. The summed E-state index contributed by atoms with van der Waals surface area (Å²) in [4.78, 5) is 21.3. The number of rotatable bonds is 2. The average molecular weight is 348 g/mol. The molecule has 0 saturated heterocycles. The number of hydrogen-bond donors (Lipinski definition) is 0. The van der Waals surface area contributed by atoms with E-state index in [0.717, 1.165) is 10.2 Å². The molecule has 0 amide bonds. The van der Waals surface area contributed by atoms with Crippen LogP contribution in [0.5, 0.6) is 0 Å². The van der Waals surface area contributed by atoms with Crippen molar-refractivity contribution < 1.29 is 0 Å². The maximum absolute atomic E-state index is 12.7. The average Bonchev–Trinajstić information content (AvgIpc) is 2.48. The standard InChI is InChI=1S/C14H10BrN3OS/c1-20-14-17-12-5-4-9(15)7-11(12)13(19)18(14)10-3-2-6-16-8-10/h2-8H,1H3. The van der Waals surface area contributed by atoms with Gasteiger partial charge in [-0.3, -0.25) is 14.3 Å². The molecule has 0 radical (unpaired) electrons. The van der Waals surface area contributed by atoms with Gasteiger partial charge in [0.25, 0.3) is 5.56 Å². The highest BCUT2D eigenvalue weighted by atomic mass is 79.9. The van der Waals surface area contributed by atoms with Crippen molar-refractivity contribution >= 4 is 38.6 Å². The summed E-state index contributed by atoms with van der Waals surface area (Å²) in [6.07, 6.45) is 5.24. The lowest BCUT2D eigenvalue weighted by molar-refractivity contribution is 0.817. The second-order valence-corrected chi connectivity index (χ2v) is 5.80. The first-order valence-electron chi connectivity index (χ1n) is 5.87. The summed E-state index contributed by atoms with van der Waals surface area (Å²) in [5.41, 5.74) is 1.33. The fraction of sp³-hybridized carbons (Fsp3) is 0.0714. The Labute approximate surface area is 128 Å². The number of benzene rings is 1. The number of halogens is 1. The molecule has 0 N–H and O–H groups in total. The van der Waals surface area contributed by atoms with Crippen molar-refractivity contribution in [3.05, 3.63) is 57.6 Å². The van der Waals surface area contributed by atoms with Crippen LogP contribution in [0.15, 0.2) is 57.1 Å². The third-order valence-corrected chi connectivity index (χ3v) is 4.02. The molecule has 0 spiro atoms. The van der Waals surface area contributed by atoms with E-state index < -0.39 is 0 Å². The van der Waals surface area contributed by atoms with E-state index in [1.807, 2.05) is 24.5 Å². The van der Waals surface area contributed by atoms with E-state index in [1.54, 1.807) is 29.1 Å². The Balaban J connectivity index is 2.41. The van der Waals surface area contributed by atoms with Crippen LogP contribution in [-0.4, -0.2) is 20.8 Å². The van der Waals surface area contributed by atoms with Crippen LogP contribution in [0.4, 0.5) is 0 Å². The number of nitrogens with zero attached hydrogens (tertiary/aromatic N) is 3. The molecule has 0 saturated carbocycles. The first-order valence-corrected chi connectivity index (χ1v) is 7.89. The molecule has 4 nitrogen and oxygen atoms in total. The second-order valence-electron chi connectivity index (χ2n) is 4.11. The fourth-order valence-corrected chi connectivity index (χ4v) is 2.91. The monoisotopic (exact) mass is 347 g/mol. The molecule has 0 unspecified atom stereocenters. The molecule has 0 aliphatic rings. The quantitative estimate of drug-likeness (QED) is 0.527. The molecule has 0 atom stereocenters. The highest BCUT2D eigenvalue weighted by Crippen LogP contribution is 2.21. The van der Waals surface area contributed by atoms with Gasteiger partial charge in [-0.2, -0.15) is 0 Å². The Morgan fingerprint density at radius 3 is 2.85 bits per heavy atom. The molecular weight excluding hydrogens is 338 g/mol. The third kappa shape index (κ3) is 2.25. The van der Waals surface area contributed by atoms with E-state index in [0.29, 0.717) is 16.1 Å². The van der Waals surface area contributed by atoms with Crippen LogP contribution in [0.2, 0.25) is 0 Å². The topological polar surface area (TPSA) is 47.8 Å². The molecule has 3 rings (SSSR count). The zero-order valence-corrected chi connectivity index (χ0v) is 13.0. The van der Waals surface area contributed by atoms with Crippen molar-refractivity contribution in [2.45, 2.75) is 5.16 Å². The summed E-state index contributed by atoms with van der Waals surface area (Å²) in [6.45, 7) is 0. The lowest BCUT2D eigenvalue weighted by Crippen LogP contribution is -2.21. The molecule has 1 aromatic carbocycles. The van der Waals surface area contributed by atoms with E-state index in [4.69, 9.17) is 0 Å². The Morgan fingerprint density at radius 2 is 2.15 bits per heavy atom. The van der Waals surface area contributed by atoms with Crippen LogP contribution in [0, 0.1) is 0 Å². The Hall–Kier alpha value is -1.66. The summed E-state index contributed by atoms with van der Waals surface area (Å²) in [5.74, 6) is 0. The fourth-order valence-electron chi connectivity index (χ4n) is 1.99. The van der Waals surface area contributed by atoms with E-state index >= 15 is 0 Å². The zero-order valence-electron chi connectivity index (χ0n) is 10.6. The van der Waals surface area contributed by atoms with Gasteiger partial charge in [-0.15, -0.1) is 0 Å². The summed E-state index contributed by atoms with van der Waals surface area (Å²) >= 11 is 4.83. The van der Waals surface area contributed by atoms with Crippen molar-refractivity contribution in [3.8, 4) is 5.69 Å². The van der Waals surface area contributed by atoms with Gasteiger partial charge in [0.15, 0.2) is 5.16 Å². The smallest absolute Gasteiger partial charge is 0.266 e. The van der Waals surface area contributed by atoms with Crippen molar-refractivity contribution in [3.63, 3.8) is 0 Å². The van der Waals surface area contributed by atoms with Crippen LogP contribution in [0.3, 0.4) is 0 Å². The minimum absolute atomic E-state index is 0.0892. The predicted molar refractivity (Wildman–Crippen MR) is 84.6 cm³/mol. The van der Waals surface area contributed by atoms with Gasteiger partial charge in [-0.05, 0) is 36.6 Å². The van der Waals surface area contributed by atoms with Crippen molar-refractivity contribution in [2.24, 2.45) is 0 Å². The normalized spacial score (nSPS) is 10.9. The van der Waals surface area contributed by atoms with Crippen LogP contribution in [0.25, 0.3) is 16.6 Å². The molecule has 0 aliphatic carbocycles. The number of thioether (sulfide) groups is 1. The van der Waals surface area contributed by atoms with Gasteiger partial charge < -0.3 is 0 Å². The number of aromatic nitrogens is 3. The van der Waals surface area contributed by atoms with Crippen molar-refractivity contribution in [2.75, 3.05) is 6.26 Å². The van der Waals surface area contributed by atoms with Crippen LogP contribution >= 0.6 is 27.7 Å². The molecule has 0 bridgehead atoms. The lowest BCUT2D eigenvalue weighted by Gasteiger charge is -2.11. The summed E-state index contributed by atoms with van der Waals surface area (Å²) in [6, 6.07) is 9.17. The van der Waals surface area contributed by atoms with Gasteiger partial charge in [-0.1, -0.05) is 27.7 Å². The largest absolute Gasteiger partial charge is 0.268 e. The lowest BCUT2D eigenvalue weighted by atomic mass is 10.2. The number of fused-ring (bicyclic) bond motifs is 1. The van der Waals surface area contributed by atoms with Gasteiger partial charge in [0, 0.05) is 10.7 Å². The van der Waals surface area contributed by atoms with Crippen LogP contribution in [-0.2, 0) is 0 Å². The van der Waals surface area contributed by atoms with E-state index in [-0.39, 0.29) is 5.56 Å². The molecular formula is C14H10BrN3OS. The van der Waals surface area contributed by atoms with Crippen molar-refractivity contribution in [1.82, 2.24) is 14.5 Å². The third-order valence-electron chi connectivity index (χ3n) is 2.89. The Bertz CT molecular complexity index is 833. The maximum atomic E-state index is 12.7. The predicted octanol–water partition coefficient (Wildman–Crippen LogP) is 3.27. The number of pyridine rings is 1. The molecule has 2 aromatic heterocycles. The minimum atomic E-state index is -0.0892. The Morgan fingerprint density at radius 1 is 1.30 bits per heavy atom. The SMILES string of the molecule is CSc1nc2ccc(Br)cc2c(=O)n1-c1cccnc1. The first kappa shape index (κ1) is 13.3. The van der Waals surface area contributed by atoms with E-state index in [2.05, 4.69) is 25.9 Å². The Kier molecular flexibility index (Phi) is 3.58. The van der Waals surface area contributed by atoms with Crippen LogP contribution in [0.1, 0.15) is 0 Å². The van der Waals surface area contributed by atoms with Crippen LogP contribution < -0.4 is 5.56 Å². The summed E-state index contributed by atoms with van der Waals surface area (Å²) < 4.78 is 2.45. The van der Waals surface area contributed by atoms with Gasteiger partial charge in [0.2, 0.25) is 0 Å². The van der Waals surface area contributed by atoms with Crippen molar-refractivity contribution in [1.29, 1.82) is 0 Å². The maximum Gasteiger partial charge on any atom is 0.266 e. The van der Waals surface area contributed by atoms with Gasteiger partial charge in [-0.25, -0.2) is 4.98 Å². The van der Waals surface area contributed by atoms with E-state index in [1.165, 1.54) is 11.8 Å². The summed E-state index contributed by atoms with van der Waals surface area (Å²) in [5, 5.41) is 1.24. The molecule has 3 aromatic rings. The first-order chi connectivity index (χ1) is 9.70. The highest BCUT2D eigenvalue weighted by Gasteiger charge is 2.12. The van der Waals surface area contributed by atoms with E-state index in [9.17, 15) is 4.79 Å². The van der Waals surface area contributed by atoms with Gasteiger partial charge in [0.05, 0.1) is 22.8 Å². The molecule has 2 heterocycles.